The summed E-state index contributed by atoms with van der Waals surface area (Å²) in [7, 11) is 0. The van der Waals surface area contributed by atoms with Crippen molar-refractivity contribution < 1.29 is 9.90 Å². The van der Waals surface area contributed by atoms with E-state index in [4.69, 9.17) is 5.11 Å². The zero-order valence-corrected chi connectivity index (χ0v) is 11.8. The molecule has 17 heavy (non-hydrogen) atoms. The molecule has 0 aliphatic heterocycles. The quantitative estimate of drug-likeness (QED) is 0.820. The summed E-state index contributed by atoms with van der Waals surface area (Å²) < 4.78 is 0.817. The maximum absolute atomic E-state index is 12.1. The zero-order chi connectivity index (χ0) is 12.8. The lowest BCUT2D eigenvalue weighted by atomic mass is 10.1. The number of hydrogen-bond donors (Lipinski definition) is 1. The molecule has 0 aromatic heterocycles. The van der Waals surface area contributed by atoms with Gasteiger partial charge < -0.3 is 5.11 Å². The third-order valence-electron chi connectivity index (χ3n) is 2.64. The summed E-state index contributed by atoms with van der Waals surface area (Å²) in [5.41, 5.74) is 0.691. The summed E-state index contributed by atoms with van der Waals surface area (Å²) in [6, 6.07) is 7.65. The summed E-state index contributed by atoms with van der Waals surface area (Å²) in [5, 5.41) is 8.96. The Bertz CT molecular complexity index is 379. The smallest absolute Gasteiger partial charge is 0.177 e. The molecule has 0 atom stereocenters. The van der Waals surface area contributed by atoms with Gasteiger partial charge in [0.25, 0.3) is 0 Å². The van der Waals surface area contributed by atoms with Gasteiger partial charge >= 0.3 is 0 Å². The van der Waals surface area contributed by atoms with E-state index in [1.807, 2.05) is 43.0 Å². The zero-order valence-electron chi connectivity index (χ0n) is 10.2. The Hall–Kier alpha value is -0.710. The Balaban J connectivity index is 2.74. The van der Waals surface area contributed by atoms with Crippen LogP contribution < -0.4 is 0 Å². The molecule has 0 fully saturated rings. The molecule has 1 rings (SSSR count). The number of aliphatic hydroxyl groups is 1. The van der Waals surface area contributed by atoms with Crippen LogP contribution in [0.3, 0.4) is 0 Å². The maximum atomic E-state index is 12.1. The molecule has 3 nitrogen and oxygen atoms in total. The van der Waals surface area contributed by atoms with E-state index in [1.54, 1.807) is 0 Å². The van der Waals surface area contributed by atoms with Crippen molar-refractivity contribution in [3.63, 3.8) is 0 Å². The third kappa shape index (κ3) is 4.22. The van der Waals surface area contributed by atoms with Crippen LogP contribution in [0, 0.1) is 0 Å². The Kier molecular flexibility index (Phi) is 5.82. The number of ketones is 1. The van der Waals surface area contributed by atoms with E-state index in [2.05, 4.69) is 15.9 Å². The van der Waals surface area contributed by atoms with Crippen molar-refractivity contribution in [3.05, 3.63) is 34.3 Å². The lowest BCUT2D eigenvalue weighted by Crippen LogP contribution is -2.37. The molecule has 94 valence electrons. The SMILES string of the molecule is CC(C)N(CCO)CC(=O)c1ccccc1Br. The average Bonchev–Trinajstić information content (AvgIpc) is 2.28. The van der Waals surface area contributed by atoms with Crippen LogP contribution in [0.5, 0.6) is 0 Å². The number of nitrogens with zero attached hydrogens (tertiary/aromatic N) is 1. The van der Waals surface area contributed by atoms with Gasteiger partial charge in [-0.15, -0.1) is 0 Å². The van der Waals surface area contributed by atoms with Gasteiger partial charge in [-0.25, -0.2) is 0 Å². The topological polar surface area (TPSA) is 40.5 Å². The van der Waals surface area contributed by atoms with Crippen LogP contribution in [0.2, 0.25) is 0 Å². The number of Topliss-reactive ketones (excluding diaryl/α,β-unsaturated/α-hetero) is 1. The molecule has 0 amide bonds. The number of hydrogen-bond acceptors (Lipinski definition) is 3. The molecule has 1 N–H and O–H groups in total. The fourth-order valence-electron chi connectivity index (χ4n) is 1.61. The van der Waals surface area contributed by atoms with Crippen LogP contribution in [-0.2, 0) is 0 Å². The molecule has 0 heterocycles. The van der Waals surface area contributed by atoms with Gasteiger partial charge in [0.05, 0.1) is 13.2 Å². The predicted molar refractivity (Wildman–Crippen MR) is 72.3 cm³/mol. The van der Waals surface area contributed by atoms with Gasteiger partial charge in [-0.3, -0.25) is 9.69 Å². The van der Waals surface area contributed by atoms with E-state index in [1.165, 1.54) is 0 Å². The van der Waals surface area contributed by atoms with Crippen LogP contribution in [0.15, 0.2) is 28.7 Å². The average molecular weight is 300 g/mol. The van der Waals surface area contributed by atoms with E-state index in [-0.39, 0.29) is 18.4 Å². The molecule has 0 unspecified atom stereocenters. The van der Waals surface area contributed by atoms with Crippen LogP contribution in [0.25, 0.3) is 0 Å². The maximum Gasteiger partial charge on any atom is 0.177 e. The van der Waals surface area contributed by atoms with Crippen molar-refractivity contribution in [2.24, 2.45) is 0 Å². The van der Waals surface area contributed by atoms with E-state index in [0.29, 0.717) is 18.7 Å². The van der Waals surface area contributed by atoms with Gasteiger partial charge in [-0.1, -0.05) is 34.1 Å². The molecule has 1 aromatic carbocycles. The highest BCUT2D eigenvalue weighted by Crippen LogP contribution is 2.17. The second-order valence-corrected chi connectivity index (χ2v) is 5.05. The summed E-state index contributed by atoms with van der Waals surface area (Å²) in [4.78, 5) is 14.1. The standard InChI is InChI=1S/C13H18BrNO2/c1-10(2)15(7-8-16)9-13(17)11-5-3-4-6-12(11)14/h3-6,10,16H,7-9H2,1-2H3. The highest BCUT2D eigenvalue weighted by Gasteiger charge is 2.16. The summed E-state index contributed by atoms with van der Waals surface area (Å²) in [5.74, 6) is 0.0691. The van der Waals surface area contributed by atoms with Crippen LogP contribution in [0.4, 0.5) is 0 Å². The minimum Gasteiger partial charge on any atom is -0.395 e. The molecule has 0 saturated carbocycles. The van der Waals surface area contributed by atoms with Crippen LogP contribution in [0.1, 0.15) is 24.2 Å². The first kappa shape index (κ1) is 14.4. The molecule has 0 bridgehead atoms. The Morgan fingerprint density at radius 3 is 2.59 bits per heavy atom. The van der Waals surface area contributed by atoms with Gasteiger partial charge in [-0.2, -0.15) is 0 Å². The number of halogens is 1. The number of benzene rings is 1. The van der Waals surface area contributed by atoms with Crippen LogP contribution >= 0.6 is 15.9 Å². The number of carbonyl (C=O) groups excluding carboxylic acids is 1. The minimum atomic E-state index is 0.0691. The highest BCUT2D eigenvalue weighted by molar-refractivity contribution is 9.10. The van der Waals surface area contributed by atoms with Crippen molar-refractivity contribution in [2.45, 2.75) is 19.9 Å². The van der Waals surface area contributed by atoms with Gasteiger partial charge in [0.2, 0.25) is 0 Å². The predicted octanol–water partition coefficient (Wildman–Crippen LogP) is 2.33. The normalized spacial score (nSPS) is 11.2. The lowest BCUT2D eigenvalue weighted by Gasteiger charge is -2.24. The largest absolute Gasteiger partial charge is 0.395 e. The van der Waals surface area contributed by atoms with E-state index < -0.39 is 0 Å². The second kappa shape index (κ2) is 6.89. The lowest BCUT2D eigenvalue weighted by molar-refractivity contribution is 0.0880. The molecule has 0 aliphatic carbocycles. The molecule has 0 radical (unpaired) electrons. The van der Waals surface area contributed by atoms with E-state index in [9.17, 15) is 4.79 Å². The van der Waals surface area contributed by atoms with Crippen molar-refractivity contribution >= 4 is 21.7 Å². The summed E-state index contributed by atoms with van der Waals surface area (Å²) in [6.45, 7) is 4.96. The Labute approximate surface area is 111 Å². The van der Waals surface area contributed by atoms with Crippen molar-refractivity contribution in [1.82, 2.24) is 4.90 Å². The van der Waals surface area contributed by atoms with Crippen LogP contribution in [-0.4, -0.2) is 41.5 Å². The fourth-order valence-corrected chi connectivity index (χ4v) is 2.11. The molecule has 0 saturated heterocycles. The molecule has 4 heteroatoms. The van der Waals surface area contributed by atoms with Gasteiger partial charge in [0.1, 0.15) is 0 Å². The number of carbonyl (C=O) groups is 1. The molecule has 0 aliphatic rings. The Morgan fingerprint density at radius 1 is 1.41 bits per heavy atom. The minimum absolute atomic E-state index is 0.0691. The summed E-state index contributed by atoms with van der Waals surface area (Å²) in [6.07, 6.45) is 0. The van der Waals surface area contributed by atoms with E-state index >= 15 is 0 Å². The van der Waals surface area contributed by atoms with Crippen molar-refractivity contribution in [1.29, 1.82) is 0 Å². The first-order valence-corrected chi connectivity index (χ1v) is 6.48. The molecule has 1 aromatic rings. The highest BCUT2D eigenvalue weighted by atomic mass is 79.9. The van der Waals surface area contributed by atoms with Crippen molar-refractivity contribution in [2.75, 3.05) is 19.7 Å². The van der Waals surface area contributed by atoms with E-state index in [0.717, 1.165) is 4.47 Å². The molecular formula is C13H18BrNO2. The van der Waals surface area contributed by atoms with Gasteiger partial charge in [0, 0.05) is 22.6 Å². The monoisotopic (exact) mass is 299 g/mol. The first-order chi connectivity index (χ1) is 8.06. The molecule has 0 spiro atoms. The molecular weight excluding hydrogens is 282 g/mol. The second-order valence-electron chi connectivity index (χ2n) is 4.19. The first-order valence-electron chi connectivity index (χ1n) is 5.69. The van der Waals surface area contributed by atoms with Gasteiger partial charge in [0.15, 0.2) is 5.78 Å². The number of aliphatic hydroxyl groups excluding tert-OH is 1. The van der Waals surface area contributed by atoms with Gasteiger partial charge in [-0.05, 0) is 19.9 Å². The Morgan fingerprint density at radius 2 is 2.06 bits per heavy atom. The summed E-state index contributed by atoms with van der Waals surface area (Å²) >= 11 is 3.37. The third-order valence-corrected chi connectivity index (χ3v) is 3.33. The van der Waals surface area contributed by atoms with Crippen molar-refractivity contribution in [3.8, 4) is 0 Å². The fraction of sp³-hybridized carbons (Fsp3) is 0.462. The number of rotatable bonds is 6.